The molecule has 0 spiro atoms. The molecule has 0 aromatic heterocycles. The summed E-state index contributed by atoms with van der Waals surface area (Å²) < 4.78 is 13.1. The first-order chi connectivity index (χ1) is 11.2. The van der Waals surface area contributed by atoms with Gasteiger partial charge in [-0.05, 0) is 48.6 Å². The van der Waals surface area contributed by atoms with Crippen LogP contribution in [0, 0.1) is 5.82 Å². The van der Waals surface area contributed by atoms with Crippen molar-refractivity contribution in [1.82, 2.24) is 4.90 Å². The van der Waals surface area contributed by atoms with Crippen LogP contribution >= 0.6 is 11.8 Å². The molecule has 0 radical (unpaired) electrons. The Balaban J connectivity index is 1.50. The van der Waals surface area contributed by atoms with Crippen molar-refractivity contribution in [2.24, 2.45) is 0 Å². The quantitative estimate of drug-likeness (QED) is 0.845. The molecule has 1 saturated carbocycles. The van der Waals surface area contributed by atoms with E-state index in [0.717, 1.165) is 24.8 Å². The van der Waals surface area contributed by atoms with E-state index in [-0.39, 0.29) is 17.0 Å². The van der Waals surface area contributed by atoms with Crippen LogP contribution in [0.3, 0.4) is 0 Å². The van der Waals surface area contributed by atoms with Crippen LogP contribution in [0.5, 0.6) is 0 Å². The van der Waals surface area contributed by atoms with Crippen molar-refractivity contribution in [2.75, 3.05) is 0 Å². The van der Waals surface area contributed by atoms with Crippen LogP contribution in [-0.2, 0) is 17.8 Å². The lowest BCUT2D eigenvalue weighted by atomic mass is 10.1. The first-order valence-electron chi connectivity index (χ1n) is 8.00. The lowest BCUT2D eigenvalue weighted by molar-refractivity contribution is -0.131. The molecule has 1 aliphatic heterocycles. The molecule has 1 atom stereocenters. The van der Waals surface area contributed by atoms with E-state index in [0.29, 0.717) is 12.6 Å². The highest BCUT2D eigenvalue weighted by Gasteiger charge is 2.38. The van der Waals surface area contributed by atoms with Crippen molar-refractivity contribution in [3.05, 3.63) is 65.5 Å². The van der Waals surface area contributed by atoms with Crippen molar-refractivity contribution in [1.29, 1.82) is 0 Å². The Morgan fingerprint density at radius 1 is 1.13 bits per heavy atom. The van der Waals surface area contributed by atoms with E-state index in [1.54, 1.807) is 23.9 Å². The molecular formula is C19H18FNOS. The second kappa shape index (κ2) is 6.00. The van der Waals surface area contributed by atoms with Gasteiger partial charge in [-0.3, -0.25) is 4.79 Å². The van der Waals surface area contributed by atoms with Crippen molar-refractivity contribution in [3.63, 3.8) is 0 Å². The van der Waals surface area contributed by atoms with Crippen molar-refractivity contribution in [2.45, 2.75) is 42.0 Å². The van der Waals surface area contributed by atoms with Gasteiger partial charge in [-0.2, -0.15) is 0 Å². The van der Waals surface area contributed by atoms with Gasteiger partial charge in [-0.1, -0.05) is 30.3 Å². The van der Waals surface area contributed by atoms with Crippen LogP contribution < -0.4 is 0 Å². The molecule has 23 heavy (non-hydrogen) atoms. The second-order valence-electron chi connectivity index (χ2n) is 6.24. The van der Waals surface area contributed by atoms with Gasteiger partial charge in [0.05, 0.1) is 5.25 Å². The molecule has 0 N–H and O–H groups in total. The lowest BCUT2D eigenvalue weighted by Crippen LogP contribution is -2.38. The second-order valence-corrected chi connectivity index (χ2v) is 7.49. The minimum Gasteiger partial charge on any atom is -0.334 e. The van der Waals surface area contributed by atoms with Gasteiger partial charge in [0.25, 0.3) is 0 Å². The van der Waals surface area contributed by atoms with Crippen molar-refractivity contribution >= 4 is 17.7 Å². The topological polar surface area (TPSA) is 20.3 Å². The van der Waals surface area contributed by atoms with Gasteiger partial charge in [0.15, 0.2) is 0 Å². The number of hydrogen-bond donors (Lipinski definition) is 0. The normalized spacial score (nSPS) is 19.4. The zero-order valence-electron chi connectivity index (χ0n) is 12.7. The van der Waals surface area contributed by atoms with Crippen LogP contribution in [0.15, 0.2) is 53.4 Å². The Kier molecular flexibility index (Phi) is 3.85. The van der Waals surface area contributed by atoms with Gasteiger partial charge < -0.3 is 4.90 Å². The van der Waals surface area contributed by atoms with Crippen LogP contribution in [0.4, 0.5) is 4.39 Å². The fourth-order valence-corrected chi connectivity index (χ4v) is 4.33. The monoisotopic (exact) mass is 327 g/mol. The molecule has 2 aromatic rings. The molecule has 1 unspecified atom stereocenters. The number of amides is 1. The average molecular weight is 327 g/mol. The fraction of sp³-hybridized carbons (Fsp3) is 0.316. The summed E-state index contributed by atoms with van der Waals surface area (Å²) in [7, 11) is 0. The summed E-state index contributed by atoms with van der Waals surface area (Å²) in [6, 6.07) is 15.1. The van der Waals surface area contributed by atoms with E-state index < -0.39 is 0 Å². The molecule has 2 aliphatic rings. The molecule has 1 amide bonds. The minimum atomic E-state index is -0.236. The Morgan fingerprint density at radius 2 is 1.87 bits per heavy atom. The highest BCUT2D eigenvalue weighted by Crippen LogP contribution is 2.39. The number of rotatable bonds is 4. The van der Waals surface area contributed by atoms with E-state index in [9.17, 15) is 9.18 Å². The summed E-state index contributed by atoms with van der Waals surface area (Å²) in [6.07, 6.45) is 2.97. The molecule has 1 aliphatic carbocycles. The third-order valence-corrected chi connectivity index (χ3v) is 5.76. The molecule has 1 heterocycles. The fourth-order valence-electron chi connectivity index (χ4n) is 3.06. The average Bonchev–Trinajstić information content (AvgIpc) is 3.31. The van der Waals surface area contributed by atoms with E-state index in [1.165, 1.54) is 22.6 Å². The number of carbonyl (C=O) groups excluding carboxylic acids is 1. The third-order valence-electron chi connectivity index (χ3n) is 4.46. The number of halogens is 1. The standard InChI is InChI=1S/C19H18FNOS/c20-15-7-5-13(6-8-15)12-21(16-9-10-16)19(22)18-11-14-3-1-2-4-17(14)23-18/h1-8,16,18H,9-12H2. The summed E-state index contributed by atoms with van der Waals surface area (Å²) in [5.41, 5.74) is 2.26. The highest BCUT2D eigenvalue weighted by atomic mass is 32.2. The number of nitrogens with zero attached hydrogens (tertiary/aromatic N) is 1. The lowest BCUT2D eigenvalue weighted by Gasteiger charge is -2.25. The zero-order valence-corrected chi connectivity index (χ0v) is 13.6. The molecule has 0 saturated heterocycles. The number of carbonyl (C=O) groups is 1. The maximum absolute atomic E-state index is 13.1. The van der Waals surface area contributed by atoms with Crippen LogP contribution in [0.1, 0.15) is 24.0 Å². The molecule has 118 valence electrons. The summed E-state index contributed by atoms with van der Waals surface area (Å²) >= 11 is 1.68. The molecule has 4 rings (SSSR count). The van der Waals surface area contributed by atoms with E-state index in [4.69, 9.17) is 0 Å². The summed E-state index contributed by atoms with van der Waals surface area (Å²) in [5.74, 6) is -0.0159. The molecule has 0 bridgehead atoms. The molecular weight excluding hydrogens is 309 g/mol. The zero-order chi connectivity index (χ0) is 15.8. The molecule has 4 heteroatoms. The third kappa shape index (κ3) is 3.13. The van der Waals surface area contributed by atoms with E-state index >= 15 is 0 Å². The SMILES string of the molecule is O=C(C1Cc2ccccc2S1)N(Cc1ccc(F)cc1)C1CC1. The molecule has 1 fully saturated rings. The van der Waals surface area contributed by atoms with Gasteiger partial charge in [-0.15, -0.1) is 11.8 Å². The predicted molar refractivity (Wildman–Crippen MR) is 89.8 cm³/mol. The maximum atomic E-state index is 13.1. The predicted octanol–water partition coefficient (Wildman–Crippen LogP) is 4.03. The Morgan fingerprint density at radius 3 is 2.57 bits per heavy atom. The first kappa shape index (κ1) is 14.8. The van der Waals surface area contributed by atoms with Gasteiger partial charge in [0, 0.05) is 17.5 Å². The number of hydrogen-bond acceptors (Lipinski definition) is 2. The smallest absolute Gasteiger partial charge is 0.236 e. The van der Waals surface area contributed by atoms with Crippen molar-refractivity contribution < 1.29 is 9.18 Å². The van der Waals surface area contributed by atoms with Crippen LogP contribution in [0.25, 0.3) is 0 Å². The van der Waals surface area contributed by atoms with Crippen LogP contribution in [-0.4, -0.2) is 22.1 Å². The molecule has 2 nitrogen and oxygen atoms in total. The largest absolute Gasteiger partial charge is 0.334 e. The Labute approximate surface area is 139 Å². The van der Waals surface area contributed by atoms with Crippen molar-refractivity contribution in [3.8, 4) is 0 Å². The Hall–Kier alpha value is -1.81. The van der Waals surface area contributed by atoms with Gasteiger partial charge in [0.2, 0.25) is 5.91 Å². The van der Waals surface area contributed by atoms with Gasteiger partial charge in [0.1, 0.15) is 5.82 Å². The van der Waals surface area contributed by atoms with Gasteiger partial charge >= 0.3 is 0 Å². The number of thioether (sulfide) groups is 1. The molecule has 2 aromatic carbocycles. The van der Waals surface area contributed by atoms with E-state index in [1.807, 2.05) is 17.0 Å². The van der Waals surface area contributed by atoms with E-state index in [2.05, 4.69) is 12.1 Å². The number of benzene rings is 2. The Bertz CT molecular complexity index is 701. The summed E-state index contributed by atoms with van der Waals surface area (Å²) in [4.78, 5) is 16.2. The maximum Gasteiger partial charge on any atom is 0.236 e. The van der Waals surface area contributed by atoms with Gasteiger partial charge in [-0.25, -0.2) is 4.39 Å². The minimum absolute atomic E-state index is 0.0200. The number of fused-ring (bicyclic) bond motifs is 1. The summed E-state index contributed by atoms with van der Waals surface area (Å²) in [6.45, 7) is 0.581. The summed E-state index contributed by atoms with van der Waals surface area (Å²) in [5, 5.41) is -0.0200. The van der Waals surface area contributed by atoms with Crippen LogP contribution in [0.2, 0.25) is 0 Å². The highest BCUT2D eigenvalue weighted by molar-refractivity contribution is 8.01. The first-order valence-corrected chi connectivity index (χ1v) is 8.88.